The fourth-order valence-corrected chi connectivity index (χ4v) is 3.53. The first-order valence-electron chi connectivity index (χ1n) is 11.1. The molecule has 12 heteroatoms. The van der Waals surface area contributed by atoms with Crippen LogP contribution in [0.15, 0.2) is 36.7 Å². The molecule has 35 heavy (non-hydrogen) atoms. The number of aromatic nitrogens is 5. The smallest absolute Gasteiger partial charge is 0.335 e. The average Bonchev–Trinajstić information content (AvgIpc) is 3.34. The maximum absolute atomic E-state index is 12.5. The maximum atomic E-state index is 12.5. The van der Waals surface area contributed by atoms with Gasteiger partial charge in [0.15, 0.2) is 0 Å². The van der Waals surface area contributed by atoms with E-state index in [0.29, 0.717) is 43.4 Å². The van der Waals surface area contributed by atoms with E-state index in [2.05, 4.69) is 20.3 Å². The summed E-state index contributed by atoms with van der Waals surface area (Å²) in [6, 6.07) is 6.32. The highest BCUT2D eigenvalue weighted by atomic mass is 16.5. The fraction of sp³-hybridized carbons (Fsp3) is 0.391. The van der Waals surface area contributed by atoms with Crippen LogP contribution in [0.2, 0.25) is 0 Å². The van der Waals surface area contributed by atoms with Crippen LogP contribution < -0.4 is 4.90 Å². The van der Waals surface area contributed by atoms with Gasteiger partial charge in [0.25, 0.3) is 0 Å². The lowest BCUT2D eigenvalue weighted by Crippen LogP contribution is -2.39. The van der Waals surface area contributed by atoms with Crippen molar-refractivity contribution in [2.24, 2.45) is 0 Å². The van der Waals surface area contributed by atoms with Crippen LogP contribution in [0.4, 0.5) is 5.95 Å². The van der Waals surface area contributed by atoms with Crippen molar-refractivity contribution in [3.63, 3.8) is 0 Å². The SMILES string of the molecule is CN(C)c1ncc2c(n1)CCN(C(=O)COCCOCc1cn(-c3ccc(C(=O)O)cc3)nn1)C2. The third-order valence-corrected chi connectivity index (χ3v) is 5.44. The van der Waals surface area contributed by atoms with Gasteiger partial charge in [-0.15, -0.1) is 5.10 Å². The Bertz CT molecular complexity index is 1180. The molecule has 184 valence electrons. The molecule has 0 atom stereocenters. The third kappa shape index (κ3) is 6.16. The Balaban J connectivity index is 1.15. The molecule has 1 N–H and O–H groups in total. The predicted molar refractivity (Wildman–Crippen MR) is 124 cm³/mol. The highest BCUT2D eigenvalue weighted by molar-refractivity contribution is 5.87. The lowest BCUT2D eigenvalue weighted by atomic mass is 10.1. The van der Waals surface area contributed by atoms with Crippen molar-refractivity contribution in [2.75, 3.05) is 45.4 Å². The molecule has 3 heterocycles. The molecular formula is C23H27N7O5. The molecule has 1 aliphatic heterocycles. The molecule has 0 saturated heterocycles. The minimum Gasteiger partial charge on any atom is -0.478 e. The molecule has 0 spiro atoms. The summed E-state index contributed by atoms with van der Waals surface area (Å²) in [7, 11) is 3.80. The summed E-state index contributed by atoms with van der Waals surface area (Å²) in [5.74, 6) is -0.393. The maximum Gasteiger partial charge on any atom is 0.335 e. The summed E-state index contributed by atoms with van der Waals surface area (Å²) in [6.07, 6.45) is 4.19. The average molecular weight is 482 g/mol. The van der Waals surface area contributed by atoms with Crippen molar-refractivity contribution in [1.82, 2.24) is 29.9 Å². The molecule has 4 rings (SSSR count). The standard InChI is InChI=1S/C23H27N7O5/c1-28(2)23-24-11-17-12-29(8-7-20(17)25-23)21(31)15-35-10-9-34-14-18-13-30(27-26-18)19-5-3-16(4-6-19)22(32)33/h3-6,11,13H,7-10,12,14-15H2,1-2H3,(H,32,33). The number of hydrogen-bond donors (Lipinski definition) is 1. The lowest BCUT2D eigenvalue weighted by Gasteiger charge is -2.28. The van der Waals surface area contributed by atoms with Crippen LogP contribution in [0, 0.1) is 0 Å². The number of amides is 1. The number of anilines is 1. The van der Waals surface area contributed by atoms with Crippen molar-refractivity contribution in [3.05, 3.63) is 59.2 Å². The van der Waals surface area contributed by atoms with Crippen molar-refractivity contribution in [1.29, 1.82) is 0 Å². The van der Waals surface area contributed by atoms with Crippen LogP contribution in [0.5, 0.6) is 0 Å². The van der Waals surface area contributed by atoms with E-state index >= 15 is 0 Å². The number of ether oxygens (including phenoxy) is 2. The molecule has 3 aromatic rings. The Morgan fingerprint density at radius 2 is 1.91 bits per heavy atom. The van der Waals surface area contributed by atoms with Crippen molar-refractivity contribution in [2.45, 2.75) is 19.6 Å². The van der Waals surface area contributed by atoms with Crippen molar-refractivity contribution >= 4 is 17.8 Å². The van der Waals surface area contributed by atoms with Crippen molar-refractivity contribution < 1.29 is 24.2 Å². The summed E-state index contributed by atoms with van der Waals surface area (Å²) in [6.45, 7) is 1.88. The summed E-state index contributed by atoms with van der Waals surface area (Å²) in [5.41, 5.74) is 3.46. The van der Waals surface area contributed by atoms with E-state index in [9.17, 15) is 9.59 Å². The van der Waals surface area contributed by atoms with Crippen LogP contribution >= 0.6 is 0 Å². The quantitative estimate of drug-likeness (QED) is 0.417. The highest BCUT2D eigenvalue weighted by Crippen LogP contribution is 2.18. The Labute approximate surface area is 202 Å². The third-order valence-electron chi connectivity index (χ3n) is 5.44. The van der Waals surface area contributed by atoms with Gasteiger partial charge in [-0.1, -0.05) is 5.21 Å². The molecule has 1 aromatic carbocycles. The summed E-state index contributed by atoms with van der Waals surface area (Å²) < 4.78 is 12.6. The molecule has 2 aromatic heterocycles. The van der Waals surface area contributed by atoms with Gasteiger partial charge in [-0.05, 0) is 24.3 Å². The zero-order valence-corrected chi connectivity index (χ0v) is 19.6. The number of carbonyl (C=O) groups excluding carboxylic acids is 1. The molecule has 1 amide bonds. The molecule has 0 saturated carbocycles. The van der Waals surface area contributed by atoms with Crippen LogP contribution in [0.3, 0.4) is 0 Å². The number of benzene rings is 1. The molecule has 0 bridgehead atoms. The fourth-order valence-electron chi connectivity index (χ4n) is 3.53. The van der Waals surface area contributed by atoms with Gasteiger partial charge in [0, 0.05) is 45.4 Å². The molecule has 1 aliphatic rings. The second-order valence-electron chi connectivity index (χ2n) is 8.21. The number of carbonyl (C=O) groups is 2. The van der Waals surface area contributed by atoms with E-state index in [0.717, 1.165) is 11.3 Å². The van der Waals surface area contributed by atoms with Gasteiger partial charge in [-0.2, -0.15) is 0 Å². The number of fused-ring (bicyclic) bond motifs is 1. The first kappa shape index (κ1) is 24.2. The summed E-state index contributed by atoms with van der Waals surface area (Å²) in [4.78, 5) is 35.9. The summed E-state index contributed by atoms with van der Waals surface area (Å²) >= 11 is 0. The predicted octanol–water partition coefficient (Wildman–Crippen LogP) is 0.940. The second-order valence-corrected chi connectivity index (χ2v) is 8.21. The zero-order chi connectivity index (χ0) is 24.8. The number of nitrogens with zero attached hydrogens (tertiary/aromatic N) is 7. The highest BCUT2D eigenvalue weighted by Gasteiger charge is 2.22. The number of aromatic carboxylic acids is 1. The molecular weight excluding hydrogens is 454 g/mol. The Kier molecular flexibility index (Phi) is 7.63. The Hall–Kier alpha value is -3.90. The van der Waals surface area contributed by atoms with Gasteiger partial charge >= 0.3 is 5.97 Å². The van der Waals surface area contributed by atoms with Crippen molar-refractivity contribution in [3.8, 4) is 5.69 Å². The largest absolute Gasteiger partial charge is 0.478 e. The first-order chi connectivity index (χ1) is 16.9. The molecule has 0 unspecified atom stereocenters. The van der Waals surface area contributed by atoms with E-state index in [-0.39, 0.29) is 31.3 Å². The van der Waals surface area contributed by atoms with Crippen LogP contribution in [-0.2, 0) is 33.8 Å². The minimum atomic E-state index is -0.984. The van der Waals surface area contributed by atoms with E-state index in [1.165, 1.54) is 12.1 Å². The topological polar surface area (TPSA) is 136 Å². The normalized spacial score (nSPS) is 12.9. The van der Waals surface area contributed by atoms with Gasteiger partial charge in [-0.25, -0.2) is 19.4 Å². The van der Waals surface area contributed by atoms with E-state index in [4.69, 9.17) is 14.6 Å². The summed E-state index contributed by atoms with van der Waals surface area (Å²) in [5, 5.41) is 17.1. The molecule has 0 fully saturated rings. The number of carboxylic acids is 1. The molecule has 0 radical (unpaired) electrons. The van der Waals surface area contributed by atoms with Gasteiger partial charge in [0.1, 0.15) is 12.3 Å². The zero-order valence-electron chi connectivity index (χ0n) is 19.6. The number of carboxylic acid groups (broad SMARTS) is 1. The lowest BCUT2D eigenvalue weighted by molar-refractivity contribution is -0.137. The number of hydrogen-bond acceptors (Lipinski definition) is 9. The van der Waals surface area contributed by atoms with E-state index in [1.807, 2.05) is 19.0 Å². The van der Waals surface area contributed by atoms with Gasteiger partial charge < -0.3 is 24.4 Å². The Morgan fingerprint density at radius 1 is 1.14 bits per heavy atom. The van der Waals surface area contributed by atoms with Gasteiger partial charge in [0.2, 0.25) is 11.9 Å². The van der Waals surface area contributed by atoms with E-state index in [1.54, 1.807) is 34.1 Å². The number of rotatable bonds is 10. The van der Waals surface area contributed by atoms with Crippen LogP contribution in [0.25, 0.3) is 5.69 Å². The monoisotopic (exact) mass is 481 g/mol. The molecule has 0 aliphatic carbocycles. The first-order valence-corrected chi connectivity index (χ1v) is 11.1. The van der Waals surface area contributed by atoms with Crippen LogP contribution in [-0.4, -0.2) is 87.3 Å². The van der Waals surface area contributed by atoms with Gasteiger partial charge in [-0.3, -0.25) is 4.79 Å². The second kappa shape index (κ2) is 11.0. The molecule has 12 nitrogen and oxygen atoms in total. The van der Waals surface area contributed by atoms with Gasteiger partial charge in [0.05, 0.1) is 43.0 Å². The van der Waals surface area contributed by atoms with E-state index < -0.39 is 5.97 Å². The van der Waals surface area contributed by atoms with Crippen LogP contribution in [0.1, 0.15) is 27.3 Å². The minimum absolute atomic E-state index is 0.0160. The Morgan fingerprint density at radius 3 is 2.66 bits per heavy atom.